The van der Waals surface area contributed by atoms with Crippen LogP contribution in [-0.2, 0) is 6.18 Å². The van der Waals surface area contributed by atoms with Crippen LogP contribution >= 0.6 is 0 Å². The van der Waals surface area contributed by atoms with Gasteiger partial charge in [-0.15, -0.1) is 0 Å². The van der Waals surface area contributed by atoms with Crippen molar-refractivity contribution in [1.82, 2.24) is 0 Å². The number of hydrogen-bond acceptors (Lipinski definition) is 6. The maximum Gasteiger partial charge on any atom is 0.416 e. The Morgan fingerprint density at radius 2 is 1.92 bits per heavy atom. The van der Waals surface area contributed by atoms with E-state index in [1.54, 1.807) is 0 Å². The number of aryl methyl sites for hydroxylation is 1. The predicted octanol–water partition coefficient (Wildman–Crippen LogP) is 2.90. The van der Waals surface area contributed by atoms with Crippen molar-refractivity contribution in [2.24, 2.45) is 5.73 Å². The van der Waals surface area contributed by atoms with E-state index in [9.17, 15) is 28.1 Å². The summed E-state index contributed by atoms with van der Waals surface area (Å²) in [5, 5.41) is 11.5. The zero-order valence-corrected chi connectivity index (χ0v) is 13.2. The maximum atomic E-state index is 13.4. The van der Waals surface area contributed by atoms with Crippen LogP contribution in [0.15, 0.2) is 51.1 Å². The van der Waals surface area contributed by atoms with Crippen molar-refractivity contribution >= 4 is 0 Å². The summed E-state index contributed by atoms with van der Waals surface area (Å²) < 4.78 is 50.3. The molecule has 1 aromatic heterocycles. The molecule has 1 atom stereocenters. The van der Waals surface area contributed by atoms with Crippen molar-refractivity contribution < 1.29 is 27.2 Å². The molecule has 0 amide bonds. The molecule has 7 nitrogen and oxygen atoms in total. The zero-order chi connectivity index (χ0) is 19.2. The Morgan fingerprint density at radius 1 is 1.27 bits per heavy atom. The Bertz CT molecular complexity index is 994. The summed E-state index contributed by atoms with van der Waals surface area (Å²) in [6.45, 7) is 1.42. The number of rotatable bonds is 2. The Kier molecular flexibility index (Phi) is 3.98. The van der Waals surface area contributed by atoms with Gasteiger partial charge in [-0.1, -0.05) is 18.2 Å². The van der Waals surface area contributed by atoms with Gasteiger partial charge < -0.3 is 14.9 Å². The molecule has 1 aliphatic heterocycles. The number of fused-ring (bicyclic) bond motifs is 1. The molecule has 0 saturated heterocycles. The van der Waals surface area contributed by atoms with Gasteiger partial charge in [0.25, 0.3) is 5.88 Å². The quantitative estimate of drug-likeness (QED) is 0.645. The first-order valence-corrected chi connectivity index (χ1v) is 7.24. The van der Waals surface area contributed by atoms with Crippen LogP contribution in [0.2, 0.25) is 0 Å². The van der Waals surface area contributed by atoms with Crippen molar-refractivity contribution in [2.75, 3.05) is 0 Å². The molecule has 0 spiro atoms. The van der Waals surface area contributed by atoms with E-state index >= 15 is 0 Å². The number of allylic oxidation sites excluding steroid dienone is 1. The van der Waals surface area contributed by atoms with Crippen LogP contribution in [0.5, 0.6) is 5.75 Å². The Labute approximate surface area is 143 Å². The highest BCUT2D eigenvalue weighted by Crippen LogP contribution is 2.45. The van der Waals surface area contributed by atoms with Gasteiger partial charge >= 0.3 is 17.5 Å². The molecule has 10 heteroatoms. The molecule has 1 aromatic carbocycles. The molecular formula is C16H11F3N2O5. The summed E-state index contributed by atoms with van der Waals surface area (Å²) in [5.74, 6) is -2.43. The number of nitrogens with zero attached hydrogens (tertiary/aromatic N) is 1. The van der Waals surface area contributed by atoms with E-state index in [1.807, 2.05) is 0 Å². The lowest BCUT2D eigenvalue weighted by Crippen LogP contribution is -2.31. The fraction of sp³-hybridized carbons (Fsp3) is 0.188. The van der Waals surface area contributed by atoms with E-state index in [2.05, 4.69) is 0 Å². The van der Waals surface area contributed by atoms with Crippen LogP contribution in [0.1, 0.15) is 28.4 Å². The van der Waals surface area contributed by atoms with Crippen LogP contribution in [0.25, 0.3) is 0 Å². The molecule has 3 rings (SSSR count). The topological polar surface area (TPSA) is 109 Å². The van der Waals surface area contributed by atoms with E-state index in [0.717, 1.165) is 18.2 Å². The third kappa shape index (κ3) is 2.79. The van der Waals surface area contributed by atoms with Gasteiger partial charge in [0.1, 0.15) is 17.4 Å². The molecule has 2 N–H and O–H groups in total. The van der Waals surface area contributed by atoms with E-state index in [4.69, 9.17) is 14.9 Å². The molecule has 1 aliphatic rings. The minimum absolute atomic E-state index is 0.119. The fourth-order valence-corrected chi connectivity index (χ4v) is 2.89. The molecule has 0 fully saturated rings. The molecule has 0 saturated carbocycles. The summed E-state index contributed by atoms with van der Waals surface area (Å²) in [7, 11) is 0. The highest BCUT2D eigenvalue weighted by Gasteiger charge is 2.45. The first kappa shape index (κ1) is 17.5. The summed E-state index contributed by atoms with van der Waals surface area (Å²) in [6, 6.07) is 5.49. The second-order valence-electron chi connectivity index (χ2n) is 5.55. The van der Waals surface area contributed by atoms with Gasteiger partial charge in [-0.3, -0.25) is 10.1 Å². The third-order valence-electron chi connectivity index (χ3n) is 3.88. The Hall–Kier alpha value is -3.30. The van der Waals surface area contributed by atoms with Gasteiger partial charge in [0.2, 0.25) is 0 Å². The number of nitro groups is 1. The summed E-state index contributed by atoms with van der Waals surface area (Å²) >= 11 is 0. The van der Waals surface area contributed by atoms with Crippen molar-refractivity contribution in [3.05, 3.63) is 84.9 Å². The number of alkyl halides is 3. The van der Waals surface area contributed by atoms with Crippen molar-refractivity contribution in [3.8, 4) is 5.75 Å². The van der Waals surface area contributed by atoms with Crippen molar-refractivity contribution in [3.63, 3.8) is 0 Å². The van der Waals surface area contributed by atoms with Crippen LogP contribution in [-0.4, -0.2) is 4.92 Å². The van der Waals surface area contributed by atoms with Gasteiger partial charge in [-0.2, -0.15) is 13.2 Å². The van der Waals surface area contributed by atoms with Gasteiger partial charge in [-0.05, 0) is 18.6 Å². The number of benzene rings is 1. The molecular weight excluding hydrogens is 357 g/mol. The van der Waals surface area contributed by atoms with E-state index < -0.39 is 50.9 Å². The molecule has 26 heavy (non-hydrogen) atoms. The summed E-state index contributed by atoms with van der Waals surface area (Å²) in [4.78, 5) is 22.8. The second-order valence-corrected chi connectivity index (χ2v) is 5.55. The van der Waals surface area contributed by atoms with E-state index in [0.29, 0.717) is 0 Å². The highest BCUT2D eigenvalue weighted by molar-refractivity contribution is 5.51. The maximum absolute atomic E-state index is 13.4. The van der Waals surface area contributed by atoms with Crippen LogP contribution < -0.4 is 16.1 Å². The number of ether oxygens (including phenoxy) is 1. The van der Waals surface area contributed by atoms with Crippen LogP contribution in [0.4, 0.5) is 13.2 Å². The molecule has 136 valence electrons. The van der Waals surface area contributed by atoms with Gasteiger partial charge in [0, 0.05) is 6.07 Å². The normalized spacial score (nSPS) is 16.8. The molecule has 0 bridgehead atoms. The molecule has 2 aromatic rings. The lowest BCUT2D eigenvalue weighted by molar-refractivity contribution is -0.432. The minimum Gasteiger partial charge on any atom is -0.435 e. The average molecular weight is 368 g/mol. The van der Waals surface area contributed by atoms with Crippen molar-refractivity contribution in [1.29, 1.82) is 0 Å². The van der Waals surface area contributed by atoms with Crippen LogP contribution in [0, 0.1) is 17.0 Å². The molecule has 0 aliphatic carbocycles. The van der Waals surface area contributed by atoms with E-state index in [1.165, 1.54) is 19.1 Å². The highest BCUT2D eigenvalue weighted by atomic mass is 19.4. The summed E-state index contributed by atoms with van der Waals surface area (Å²) in [5.41, 5.74) is 1.67. The SMILES string of the molecule is Cc1cc2c(c(=O)o1)[C@H](c1ccccc1C(F)(F)F)C([N+](=O)[O-])=C(N)O2. The van der Waals surface area contributed by atoms with Gasteiger partial charge in [0.15, 0.2) is 0 Å². The second kappa shape index (κ2) is 5.90. The third-order valence-corrected chi connectivity index (χ3v) is 3.88. The lowest BCUT2D eigenvalue weighted by atomic mass is 9.84. The molecule has 0 radical (unpaired) electrons. The summed E-state index contributed by atoms with van der Waals surface area (Å²) in [6.07, 6.45) is -4.80. The zero-order valence-electron chi connectivity index (χ0n) is 13.2. The van der Waals surface area contributed by atoms with E-state index in [-0.39, 0.29) is 11.5 Å². The van der Waals surface area contributed by atoms with Crippen molar-refractivity contribution in [2.45, 2.75) is 19.0 Å². The first-order chi connectivity index (χ1) is 12.1. The Morgan fingerprint density at radius 3 is 2.54 bits per heavy atom. The largest absolute Gasteiger partial charge is 0.435 e. The number of hydrogen-bond donors (Lipinski definition) is 1. The molecule has 0 unspecified atom stereocenters. The first-order valence-electron chi connectivity index (χ1n) is 7.24. The average Bonchev–Trinajstić information content (AvgIpc) is 2.52. The monoisotopic (exact) mass is 368 g/mol. The molecule has 2 heterocycles. The standard InChI is InChI=1S/C16H11F3N2O5/c1-7-6-10-12(15(22)25-7)11(13(21(23)24)14(20)26-10)8-4-2-3-5-9(8)16(17,18)19/h2-6,11H,20H2,1H3/t11-/m0/s1. The van der Waals surface area contributed by atoms with Gasteiger partial charge in [0.05, 0.1) is 16.1 Å². The van der Waals surface area contributed by atoms with Crippen LogP contribution in [0.3, 0.4) is 0 Å². The number of nitrogens with two attached hydrogens (primary N) is 1. The fourth-order valence-electron chi connectivity index (χ4n) is 2.89. The lowest BCUT2D eigenvalue weighted by Gasteiger charge is -2.25. The Balaban J connectivity index is 2.39. The predicted molar refractivity (Wildman–Crippen MR) is 81.8 cm³/mol. The number of halogens is 3. The minimum atomic E-state index is -4.80. The van der Waals surface area contributed by atoms with Gasteiger partial charge in [-0.25, -0.2) is 4.79 Å². The smallest absolute Gasteiger partial charge is 0.416 e.